The van der Waals surface area contributed by atoms with Crippen molar-refractivity contribution in [3.8, 4) is 22.5 Å². The van der Waals surface area contributed by atoms with Crippen molar-refractivity contribution < 1.29 is 9.90 Å². The number of aromatic nitrogens is 7. The average Bonchev–Trinajstić information content (AvgIpc) is 3.47. The van der Waals surface area contributed by atoms with Crippen LogP contribution in [0.4, 0.5) is 4.79 Å². The molecule has 0 aliphatic heterocycles. The summed E-state index contributed by atoms with van der Waals surface area (Å²) in [5, 5.41) is 30.1. The van der Waals surface area contributed by atoms with Crippen LogP contribution >= 0.6 is 0 Å². The van der Waals surface area contributed by atoms with E-state index in [9.17, 15) is 4.79 Å². The van der Waals surface area contributed by atoms with Gasteiger partial charge < -0.3 is 10.4 Å². The van der Waals surface area contributed by atoms with E-state index in [0.29, 0.717) is 18.2 Å². The van der Waals surface area contributed by atoms with Gasteiger partial charge in [-0.25, -0.2) is 19.6 Å². The van der Waals surface area contributed by atoms with E-state index in [1.54, 1.807) is 4.68 Å². The van der Waals surface area contributed by atoms with Crippen molar-refractivity contribution in [2.75, 3.05) is 0 Å². The second-order valence-electron chi connectivity index (χ2n) is 7.36. The minimum absolute atomic E-state index is 0.116. The van der Waals surface area contributed by atoms with E-state index in [1.165, 1.54) is 0 Å². The first-order chi connectivity index (χ1) is 15.6. The van der Waals surface area contributed by atoms with Crippen LogP contribution in [0.3, 0.4) is 0 Å². The molecule has 0 radical (unpaired) electrons. The number of aryl methyl sites for hydroxylation is 1. The minimum Gasteiger partial charge on any atom is -0.465 e. The summed E-state index contributed by atoms with van der Waals surface area (Å²) >= 11 is 0. The van der Waals surface area contributed by atoms with E-state index in [2.05, 4.69) is 42.9 Å². The number of H-pyrrole nitrogens is 1. The van der Waals surface area contributed by atoms with Crippen molar-refractivity contribution in [2.45, 2.75) is 39.3 Å². The van der Waals surface area contributed by atoms with Gasteiger partial charge in [0.1, 0.15) is 5.82 Å². The van der Waals surface area contributed by atoms with Gasteiger partial charge in [-0.05, 0) is 33.5 Å². The zero-order valence-corrected chi connectivity index (χ0v) is 17.7. The van der Waals surface area contributed by atoms with Crippen LogP contribution in [-0.2, 0) is 19.5 Å². The summed E-state index contributed by atoms with van der Waals surface area (Å²) in [5.74, 6) is 1.95. The van der Waals surface area contributed by atoms with Gasteiger partial charge in [0.05, 0.1) is 13.1 Å². The second-order valence-corrected chi connectivity index (χ2v) is 7.36. The number of hydrogen-bond donors (Lipinski definition) is 3. The van der Waals surface area contributed by atoms with E-state index in [-0.39, 0.29) is 6.54 Å². The molecule has 10 nitrogen and oxygen atoms in total. The summed E-state index contributed by atoms with van der Waals surface area (Å²) in [6.45, 7) is 2.73. The number of benzene rings is 2. The molecule has 2 aromatic heterocycles. The van der Waals surface area contributed by atoms with Crippen LogP contribution in [0.5, 0.6) is 0 Å². The molecule has 2 heterocycles. The standard InChI is InChI=1S/C22H24N8O2/c1-2-3-8-19-24-20(13-23-22(31)32)30(27-19)14-15-9-11-16(12-10-15)17-6-4-5-7-18(17)21-25-28-29-26-21/h4-7,9-12,23H,2-3,8,13-14H2,1H3,(H,31,32)(H,25,26,28,29). The molecule has 32 heavy (non-hydrogen) atoms. The molecule has 10 heteroatoms. The highest BCUT2D eigenvalue weighted by Crippen LogP contribution is 2.29. The Morgan fingerprint density at radius 1 is 1.12 bits per heavy atom. The van der Waals surface area contributed by atoms with Crippen molar-refractivity contribution in [3.05, 3.63) is 65.7 Å². The number of hydrogen-bond acceptors (Lipinski definition) is 6. The van der Waals surface area contributed by atoms with Crippen molar-refractivity contribution in [2.24, 2.45) is 0 Å². The highest BCUT2D eigenvalue weighted by molar-refractivity contribution is 5.80. The normalized spacial score (nSPS) is 10.9. The lowest BCUT2D eigenvalue weighted by Gasteiger charge is -2.09. The number of nitrogens with one attached hydrogen (secondary N) is 2. The fourth-order valence-corrected chi connectivity index (χ4v) is 3.46. The Morgan fingerprint density at radius 3 is 2.59 bits per heavy atom. The first kappa shape index (κ1) is 21.2. The molecule has 0 saturated heterocycles. The van der Waals surface area contributed by atoms with Gasteiger partial charge in [-0.1, -0.05) is 61.9 Å². The lowest BCUT2D eigenvalue weighted by atomic mass is 9.98. The zero-order valence-electron chi connectivity index (χ0n) is 17.7. The van der Waals surface area contributed by atoms with Crippen molar-refractivity contribution in [1.29, 1.82) is 0 Å². The summed E-state index contributed by atoms with van der Waals surface area (Å²) in [5.41, 5.74) is 4.02. The third kappa shape index (κ3) is 4.97. The summed E-state index contributed by atoms with van der Waals surface area (Å²) in [6.07, 6.45) is 1.73. The van der Waals surface area contributed by atoms with Gasteiger partial charge >= 0.3 is 6.09 Å². The van der Waals surface area contributed by atoms with E-state index >= 15 is 0 Å². The van der Waals surface area contributed by atoms with Crippen LogP contribution in [0.15, 0.2) is 48.5 Å². The fourth-order valence-electron chi connectivity index (χ4n) is 3.46. The summed E-state index contributed by atoms with van der Waals surface area (Å²) in [6, 6.07) is 16.1. The Kier molecular flexibility index (Phi) is 6.49. The van der Waals surface area contributed by atoms with E-state index in [1.807, 2.05) is 48.5 Å². The van der Waals surface area contributed by atoms with Crippen LogP contribution in [0.1, 0.15) is 37.0 Å². The lowest BCUT2D eigenvalue weighted by Crippen LogP contribution is -2.23. The fraction of sp³-hybridized carbons (Fsp3) is 0.273. The maximum absolute atomic E-state index is 10.9. The lowest BCUT2D eigenvalue weighted by molar-refractivity contribution is 0.193. The Morgan fingerprint density at radius 2 is 1.91 bits per heavy atom. The number of aromatic amines is 1. The zero-order chi connectivity index (χ0) is 22.3. The first-order valence-corrected chi connectivity index (χ1v) is 10.5. The number of carboxylic acid groups (broad SMARTS) is 1. The number of unbranched alkanes of at least 4 members (excludes halogenated alkanes) is 1. The molecule has 0 aliphatic rings. The van der Waals surface area contributed by atoms with Crippen LogP contribution in [0.2, 0.25) is 0 Å². The number of tetrazole rings is 1. The molecule has 0 fully saturated rings. The quantitative estimate of drug-likeness (QED) is 0.369. The second kappa shape index (κ2) is 9.82. The average molecular weight is 432 g/mol. The SMILES string of the molecule is CCCCc1nc(CNC(=O)O)n(Cc2ccc(-c3ccccc3-c3nnn[nH]3)cc2)n1. The van der Waals surface area contributed by atoms with Gasteiger partial charge in [-0.3, -0.25) is 0 Å². The predicted octanol–water partition coefficient (Wildman–Crippen LogP) is 3.28. The van der Waals surface area contributed by atoms with Crippen LogP contribution in [0.25, 0.3) is 22.5 Å². The smallest absolute Gasteiger partial charge is 0.405 e. The molecule has 4 rings (SSSR count). The third-order valence-electron chi connectivity index (χ3n) is 5.07. The predicted molar refractivity (Wildman–Crippen MR) is 118 cm³/mol. The van der Waals surface area contributed by atoms with Crippen LogP contribution in [0, 0.1) is 0 Å². The third-order valence-corrected chi connectivity index (χ3v) is 5.07. The maximum atomic E-state index is 10.9. The largest absolute Gasteiger partial charge is 0.465 e. The Balaban J connectivity index is 1.56. The molecule has 4 aromatic rings. The highest BCUT2D eigenvalue weighted by Gasteiger charge is 2.13. The van der Waals surface area contributed by atoms with Gasteiger partial charge in [-0.15, -0.1) is 5.10 Å². The summed E-state index contributed by atoms with van der Waals surface area (Å²) in [7, 11) is 0. The molecule has 164 valence electrons. The Bertz CT molecular complexity index is 1170. The van der Waals surface area contributed by atoms with Crippen LogP contribution in [-0.4, -0.2) is 46.6 Å². The van der Waals surface area contributed by atoms with Gasteiger partial charge in [-0.2, -0.15) is 5.10 Å². The number of carbonyl (C=O) groups is 1. The summed E-state index contributed by atoms with van der Waals surface area (Å²) in [4.78, 5) is 15.4. The molecule has 0 atom stereocenters. The van der Waals surface area contributed by atoms with E-state index < -0.39 is 6.09 Å². The van der Waals surface area contributed by atoms with Gasteiger partial charge in [0, 0.05) is 12.0 Å². The topological polar surface area (TPSA) is 134 Å². The molecule has 0 saturated carbocycles. The molecule has 0 aliphatic carbocycles. The molecule has 0 unspecified atom stereocenters. The molecule has 0 bridgehead atoms. The molecule has 1 amide bonds. The first-order valence-electron chi connectivity index (χ1n) is 10.5. The molecular formula is C22H24N8O2. The highest BCUT2D eigenvalue weighted by atomic mass is 16.4. The molecule has 2 aromatic carbocycles. The van der Waals surface area contributed by atoms with Gasteiger partial charge in [0.25, 0.3) is 0 Å². The van der Waals surface area contributed by atoms with Crippen molar-refractivity contribution in [1.82, 2.24) is 40.7 Å². The monoisotopic (exact) mass is 432 g/mol. The Hall–Kier alpha value is -4.08. The minimum atomic E-state index is -1.08. The van der Waals surface area contributed by atoms with Crippen molar-refractivity contribution in [3.63, 3.8) is 0 Å². The van der Waals surface area contributed by atoms with Gasteiger partial charge in [0.15, 0.2) is 11.6 Å². The molecular weight excluding hydrogens is 408 g/mol. The van der Waals surface area contributed by atoms with Gasteiger partial charge in [0.2, 0.25) is 0 Å². The summed E-state index contributed by atoms with van der Waals surface area (Å²) < 4.78 is 1.77. The maximum Gasteiger partial charge on any atom is 0.405 e. The Labute approximate surface area is 184 Å². The van der Waals surface area contributed by atoms with Crippen LogP contribution < -0.4 is 5.32 Å². The number of amides is 1. The van der Waals surface area contributed by atoms with Crippen molar-refractivity contribution >= 4 is 6.09 Å². The van der Waals surface area contributed by atoms with E-state index in [0.717, 1.165) is 47.3 Å². The molecule has 0 spiro atoms. The number of rotatable bonds is 9. The number of nitrogens with zero attached hydrogens (tertiary/aromatic N) is 6. The van der Waals surface area contributed by atoms with E-state index in [4.69, 9.17) is 5.11 Å². The molecule has 3 N–H and O–H groups in total.